The number of aliphatic imine (C=N–C) groups is 1. The van der Waals surface area contributed by atoms with E-state index in [0.29, 0.717) is 78.5 Å². The highest BCUT2D eigenvalue weighted by Gasteiger charge is 2.60. The first-order valence-corrected chi connectivity index (χ1v) is 47.9. The van der Waals surface area contributed by atoms with E-state index in [1.165, 1.54) is 69.3 Å². The first kappa shape index (κ1) is 94.3. The quantitative estimate of drug-likeness (QED) is 0.0220. The smallest absolute Gasteiger partial charge is 0.407 e. The Morgan fingerprint density at radius 1 is 0.702 bits per heavy atom. The van der Waals surface area contributed by atoms with Crippen LogP contribution < -0.4 is 47.9 Å². The molecule has 676 valence electrons. The Labute approximate surface area is 738 Å². The Balaban J connectivity index is 0.778. The second kappa shape index (κ2) is 43.6. The van der Waals surface area contributed by atoms with Crippen LogP contribution in [0.2, 0.25) is 0 Å². The molecule has 3 saturated heterocycles. The largest absolute Gasteiger partial charge is 0.446 e. The summed E-state index contributed by atoms with van der Waals surface area (Å²) >= 11 is 0. The number of carbonyl (C=O) groups excluding carboxylic acids is 11. The molecule has 6 fully saturated rings. The summed E-state index contributed by atoms with van der Waals surface area (Å²) in [6, 6.07) is 3.55. The van der Waals surface area contributed by atoms with Gasteiger partial charge in [0.15, 0.2) is 0 Å². The minimum atomic E-state index is -1.79. The number of fused-ring (bicyclic) bond motifs is 6. The summed E-state index contributed by atoms with van der Waals surface area (Å²) in [6.07, 6.45) is 28.1. The molecule has 5 aliphatic heterocycles. The van der Waals surface area contributed by atoms with Crippen molar-refractivity contribution in [1.29, 1.82) is 0 Å². The van der Waals surface area contributed by atoms with E-state index in [1.807, 2.05) is 43.6 Å². The lowest BCUT2D eigenvalue weighted by atomic mass is 9.47. The molecule has 30 heteroatoms. The first-order chi connectivity index (χ1) is 59.5. The van der Waals surface area contributed by atoms with Gasteiger partial charge in [-0.25, -0.2) is 4.79 Å². The standard InChI is InChI=1S/C94H133N13O15S2/c1-56(2)23-19-24-57(3)68-37-38-69-67-36-35-64-50-65(39-41-93(64,6)70(67)40-42-94(68,69)7)122-92(121)95-43-18-17-32-72-82(111)104-81(59(5)110)89(118)103-78(87(116)101-76(53-108)58(4)109)55-124-123-54-77(86(115)98-73(47-60-25-11-9-12-26-60)83(112)99-75(85(114)97-72)49-63-51-96-71-31-16-15-30-66(63)71)102-84(113)74(48-61-27-13-10-14-28-61)100-88(117)79-33-21-45-106(79)91(120)80-34-22-46-107(80)90(119)62-29-20-44-105(8)52-62/h9-16,20,25-28,30-31,35,44,51-52,56-59,63,65-81,108-110H,17-19,21-24,29,32-34,36-43,45-50,53-55H2,1-8H3,(H,95,121)(H,97,114)(H,98,115)(H,99,112)(H,100,117)(H,101,116)(H,102,113)(H,103,118)(H,104,111). The number of unbranched alkanes of at least 4 members (excludes halogenated alkanes) is 1. The molecule has 0 bridgehead atoms. The maximum absolute atomic E-state index is 15.6. The van der Waals surface area contributed by atoms with Crippen molar-refractivity contribution in [2.75, 3.05) is 44.8 Å². The summed E-state index contributed by atoms with van der Waals surface area (Å²) in [5.41, 5.74) is 3.55. The molecule has 0 spiro atoms. The molecule has 3 saturated carbocycles. The molecular weight excluding hydrogens is 1620 g/mol. The molecule has 2 aromatic rings. The average Bonchev–Trinajstić information content (AvgIpc) is 1.45. The van der Waals surface area contributed by atoms with E-state index in [2.05, 4.69) is 88.5 Å². The molecule has 0 radical (unpaired) electrons. The number of nitrogens with one attached hydrogen (secondary N) is 9. The summed E-state index contributed by atoms with van der Waals surface area (Å²) in [4.78, 5) is 174. The number of hydrogen-bond acceptors (Lipinski definition) is 19. The van der Waals surface area contributed by atoms with E-state index in [4.69, 9.17) is 9.73 Å². The zero-order valence-corrected chi connectivity index (χ0v) is 74.9. The van der Waals surface area contributed by atoms with Gasteiger partial charge in [-0.15, -0.1) is 0 Å². The molecule has 28 nitrogen and oxygen atoms in total. The molecule has 12 rings (SSSR count). The van der Waals surface area contributed by atoms with Gasteiger partial charge in [-0.2, -0.15) is 0 Å². The number of aliphatic hydroxyl groups is 3. The van der Waals surface area contributed by atoms with Gasteiger partial charge in [0.2, 0.25) is 53.2 Å². The zero-order chi connectivity index (χ0) is 88.5. The second-order valence-electron chi connectivity index (χ2n) is 37.4. The maximum atomic E-state index is 15.6. The van der Waals surface area contributed by atoms with Gasteiger partial charge in [0, 0.05) is 87.3 Å². The van der Waals surface area contributed by atoms with Crippen molar-refractivity contribution < 1.29 is 72.8 Å². The second-order valence-corrected chi connectivity index (χ2v) is 39.9. The minimum Gasteiger partial charge on any atom is -0.446 e. The van der Waals surface area contributed by atoms with Crippen molar-refractivity contribution >= 4 is 93.0 Å². The van der Waals surface area contributed by atoms with Gasteiger partial charge in [0.1, 0.15) is 60.5 Å². The van der Waals surface area contributed by atoms with Gasteiger partial charge in [-0.3, -0.25) is 52.9 Å². The molecule has 23 unspecified atom stereocenters. The number of hydrogen-bond donors (Lipinski definition) is 12. The zero-order valence-electron chi connectivity index (χ0n) is 73.3. The lowest BCUT2D eigenvalue weighted by molar-refractivity contribution is -0.146. The number of likely N-dealkylation sites (tertiary alicyclic amines) is 2. The maximum Gasteiger partial charge on any atom is 0.407 e. The van der Waals surface area contributed by atoms with Crippen LogP contribution in [0.1, 0.15) is 188 Å². The fourth-order valence-corrected chi connectivity index (χ4v) is 23.8. The van der Waals surface area contributed by atoms with Gasteiger partial charge in [0.25, 0.3) is 5.91 Å². The molecule has 5 aliphatic carbocycles. The van der Waals surface area contributed by atoms with E-state index in [0.717, 1.165) is 58.6 Å². The predicted molar refractivity (Wildman–Crippen MR) is 477 cm³/mol. The Morgan fingerprint density at radius 3 is 2.12 bits per heavy atom. The third kappa shape index (κ3) is 23.5. The number of benzene rings is 2. The van der Waals surface area contributed by atoms with E-state index in [9.17, 15) is 44.1 Å². The van der Waals surface area contributed by atoms with Crippen molar-refractivity contribution in [1.82, 2.24) is 62.6 Å². The lowest BCUT2D eigenvalue weighted by Gasteiger charge is -2.58. The van der Waals surface area contributed by atoms with E-state index >= 15 is 24.0 Å². The third-order valence-corrected chi connectivity index (χ3v) is 30.8. The monoisotopic (exact) mass is 1750 g/mol. The van der Waals surface area contributed by atoms with Crippen molar-refractivity contribution in [2.45, 2.75) is 274 Å². The Kier molecular flexibility index (Phi) is 33.1. The number of allylic oxidation sites excluding steroid dienone is 4. The highest BCUT2D eigenvalue weighted by Crippen LogP contribution is 2.67. The Bertz CT molecular complexity index is 4300. The molecule has 11 amide bonds. The third-order valence-electron chi connectivity index (χ3n) is 28.4. The fourth-order valence-electron chi connectivity index (χ4n) is 21.4. The van der Waals surface area contributed by atoms with E-state index in [1.54, 1.807) is 82.9 Å². The van der Waals surface area contributed by atoms with Gasteiger partial charge in [-0.1, -0.05) is 178 Å². The average molecular weight is 1750 g/mol. The highest BCUT2D eigenvalue weighted by molar-refractivity contribution is 8.76. The number of ether oxygens (including phenoxy) is 1. The first-order valence-electron chi connectivity index (χ1n) is 45.5. The number of amides is 11. The summed E-state index contributed by atoms with van der Waals surface area (Å²) in [5, 5.41) is 57.7. The van der Waals surface area contributed by atoms with Crippen LogP contribution in [0, 0.1) is 58.2 Å². The number of rotatable bonds is 28. The van der Waals surface area contributed by atoms with Crippen molar-refractivity contribution in [3.63, 3.8) is 0 Å². The van der Waals surface area contributed by atoms with Crippen LogP contribution in [0.25, 0.3) is 0 Å². The summed E-state index contributed by atoms with van der Waals surface area (Å²) in [6.45, 7) is 14.8. The van der Waals surface area contributed by atoms with Crippen LogP contribution in [0.15, 0.2) is 126 Å². The van der Waals surface area contributed by atoms with Crippen LogP contribution in [-0.4, -0.2) is 231 Å². The molecular formula is C94H133N13O15S2. The number of aliphatic hydroxyl groups excluding tert-OH is 3. The molecule has 124 heavy (non-hydrogen) atoms. The molecule has 2 aromatic carbocycles. The summed E-state index contributed by atoms with van der Waals surface area (Å²) in [5.74, 6) is -4.69. The van der Waals surface area contributed by atoms with Crippen molar-refractivity contribution in [3.05, 3.63) is 132 Å². The van der Waals surface area contributed by atoms with Gasteiger partial charge in [0.05, 0.1) is 30.9 Å². The van der Waals surface area contributed by atoms with Crippen LogP contribution in [0.5, 0.6) is 0 Å². The van der Waals surface area contributed by atoms with Crippen LogP contribution in [0.4, 0.5) is 4.79 Å². The van der Waals surface area contributed by atoms with Crippen LogP contribution in [0.3, 0.4) is 0 Å². The molecule has 0 aromatic heterocycles. The van der Waals surface area contributed by atoms with Crippen LogP contribution in [-0.2, 0) is 65.5 Å². The van der Waals surface area contributed by atoms with E-state index < -0.39 is 139 Å². The molecule has 5 heterocycles. The fraction of sp³-hybridized carbons (Fsp3) is 0.638. The summed E-state index contributed by atoms with van der Waals surface area (Å²) < 4.78 is 6.19. The van der Waals surface area contributed by atoms with Crippen LogP contribution >= 0.6 is 21.6 Å². The van der Waals surface area contributed by atoms with Gasteiger partial charge in [-0.05, 0) is 180 Å². The topological polar surface area (TPSA) is 388 Å². The number of carbonyl (C=O) groups is 11. The number of alkyl carbamates (subject to hydrolysis) is 1. The van der Waals surface area contributed by atoms with Crippen molar-refractivity contribution in [2.24, 2.45) is 63.2 Å². The molecule has 12 N–H and O–H groups in total. The number of nitrogens with zero attached hydrogens (tertiary/aromatic N) is 4. The Morgan fingerprint density at radius 2 is 1.40 bits per heavy atom. The van der Waals surface area contributed by atoms with E-state index in [-0.39, 0.29) is 105 Å². The van der Waals surface area contributed by atoms with Gasteiger partial charge < -0.3 is 82.6 Å². The SMILES string of the molecule is CC(C)CCCC(C)C1CCC2C3CC=C4CC(OC(=O)NCCCCC5NC(=O)C(CC6C=NC7C=CC=CC67)NC(=O)C(Cc6ccccc6)NC(=O)C(NC(=O)C(Cc6ccccc6)NC(=O)C6CCCN6C(=O)C6CCCN6C(=O)C6=CN(C)C=CC6)CSSCC(C(=O)NC(CO)C(C)O)NC(=O)C(C(C)O)NC5=O)CCC4(C)C3CCC12C. The Hall–Kier alpha value is -8.84. The predicted octanol–water partition coefficient (Wildman–Crippen LogP) is 7.72. The normalized spacial score (nSPS) is 31.6. The lowest BCUT2D eigenvalue weighted by Crippen LogP contribution is -2.62. The minimum absolute atomic E-state index is 0.0465. The van der Waals surface area contributed by atoms with Gasteiger partial charge >= 0.3 is 6.09 Å². The molecule has 23 atom stereocenters. The molecule has 10 aliphatic rings. The highest BCUT2D eigenvalue weighted by atomic mass is 33.1. The summed E-state index contributed by atoms with van der Waals surface area (Å²) in [7, 11) is 3.75. The van der Waals surface area contributed by atoms with Crippen molar-refractivity contribution in [3.8, 4) is 0 Å².